The van der Waals surface area contributed by atoms with Crippen LogP contribution in [0.4, 0.5) is 5.69 Å². The van der Waals surface area contributed by atoms with E-state index in [-0.39, 0.29) is 5.69 Å². The second-order valence-electron chi connectivity index (χ2n) is 3.09. The molecule has 1 aromatic heterocycles. The molecule has 0 spiro atoms. The van der Waals surface area contributed by atoms with E-state index in [0.717, 1.165) is 0 Å². The number of aromatic nitrogens is 1. The first-order valence-corrected chi connectivity index (χ1v) is 4.35. The first-order chi connectivity index (χ1) is 7.20. The molecule has 0 radical (unpaired) electrons. The highest BCUT2D eigenvalue weighted by Gasteiger charge is 2.17. The van der Waals surface area contributed by atoms with Crippen molar-refractivity contribution in [3.8, 4) is 11.1 Å². The average Bonchev–Trinajstić information content (AvgIpc) is 2.64. The zero-order valence-corrected chi connectivity index (χ0v) is 8.01. The van der Waals surface area contributed by atoms with Crippen LogP contribution in [0.3, 0.4) is 0 Å². The molecule has 1 aromatic carbocycles. The van der Waals surface area contributed by atoms with Gasteiger partial charge in [-0.3, -0.25) is 10.1 Å². The molecule has 0 saturated carbocycles. The molecule has 0 aliphatic heterocycles. The highest BCUT2D eigenvalue weighted by molar-refractivity contribution is 5.74. The molecule has 15 heavy (non-hydrogen) atoms. The summed E-state index contributed by atoms with van der Waals surface area (Å²) in [6, 6.07) is 6.51. The van der Waals surface area contributed by atoms with Crippen molar-refractivity contribution in [2.75, 3.05) is 0 Å². The molecule has 0 N–H and O–H groups in total. The number of hydrogen-bond donors (Lipinski definition) is 0. The lowest BCUT2D eigenvalue weighted by atomic mass is 10.1. The van der Waals surface area contributed by atoms with Gasteiger partial charge in [-0.15, -0.1) is 0 Å². The summed E-state index contributed by atoms with van der Waals surface area (Å²) in [5.74, 6) is 0. The van der Waals surface area contributed by atoms with Gasteiger partial charge in [0.15, 0.2) is 0 Å². The van der Waals surface area contributed by atoms with Crippen LogP contribution in [0.5, 0.6) is 0 Å². The minimum absolute atomic E-state index is 0.0591. The summed E-state index contributed by atoms with van der Waals surface area (Å²) in [6.45, 7) is 1.75. The van der Waals surface area contributed by atoms with E-state index in [1.165, 1.54) is 12.3 Å². The second-order valence-corrected chi connectivity index (χ2v) is 3.09. The number of nitro groups is 1. The van der Waals surface area contributed by atoms with Crippen LogP contribution in [0.15, 0.2) is 35.1 Å². The van der Waals surface area contributed by atoms with E-state index in [1.54, 1.807) is 25.1 Å². The maximum absolute atomic E-state index is 10.8. The molecule has 5 heteroatoms. The van der Waals surface area contributed by atoms with Crippen LogP contribution in [0.1, 0.15) is 5.69 Å². The highest BCUT2D eigenvalue weighted by Crippen LogP contribution is 2.30. The molecule has 0 bridgehead atoms. The van der Waals surface area contributed by atoms with Gasteiger partial charge in [0.2, 0.25) is 0 Å². The molecular weight excluding hydrogens is 196 g/mol. The van der Waals surface area contributed by atoms with Crippen LogP contribution in [-0.2, 0) is 0 Å². The van der Waals surface area contributed by atoms with Gasteiger partial charge in [-0.25, -0.2) is 0 Å². The Balaban J connectivity index is 2.63. The van der Waals surface area contributed by atoms with E-state index in [0.29, 0.717) is 16.8 Å². The molecule has 0 fully saturated rings. The molecular formula is C10H8N2O3. The van der Waals surface area contributed by atoms with E-state index in [2.05, 4.69) is 5.16 Å². The molecule has 0 aliphatic carbocycles. The van der Waals surface area contributed by atoms with Crippen molar-refractivity contribution in [1.82, 2.24) is 5.16 Å². The summed E-state index contributed by atoms with van der Waals surface area (Å²) in [5.41, 5.74) is 1.89. The summed E-state index contributed by atoms with van der Waals surface area (Å²) in [4.78, 5) is 10.4. The Morgan fingerprint density at radius 1 is 1.33 bits per heavy atom. The van der Waals surface area contributed by atoms with Crippen LogP contribution in [0, 0.1) is 17.0 Å². The summed E-state index contributed by atoms with van der Waals surface area (Å²) in [6.07, 6.45) is 1.41. The Bertz CT molecular complexity index is 505. The van der Waals surface area contributed by atoms with E-state index >= 15 is 0 Å². The largest absolute Gasteiger partial charge is 0.364 e. The summed E-state index contributed by atoms with van der Waals surface area (Å²) in [7, 11) is 0. The molecule has 0 amide bonds. The van der Waals surface area contributed by atoms with E-state index in [4.69, 9.17) is 4.52 Å². The van der Waals surface area contributed by atoms with Crippen molar-refractivity contribution in [2.24, 2.45) is 0 Å². The minimum Gasteiger partial charge on any atom is -0.364 e. The number of hydrogen-bond acceptors (Lipinski definition) is 4. The minimum atomic E-state index is -0.415. The smallest absolute Gasteiger partial charge is 0.277 e. The number of rotatable bonds is 2. The average molecular weight is 204 g/mol. The Morgan fingerprint density at radius 3 is 2.67 bits per heavy atom. The number of para-hydroxylation sites is 1. The van der Waals surface area contributed by atoms with Gasteiger partial charge in [0.05, 0.1) is 21.7 Å². The van der Waals surface area contributed by atoms with Gasteiger partial charge in [-0.1, -0.05) is 17.3 Å². The van der Waals surface area contributed by atoms with Crippen molar-refractivity contribution in [2.45, 2.75) is 6.92 Å². The predicted molar refractivity (Wildman–Crippen MR) is 53.3 cm³/mol. The molecule has 1 heterocycles. The van der Waals surface area contributed by atoms with Crippen LogP contribution >= 0.6 is 0 Å². The van der Waals surface area contributed by atoms with Crippen LogP contribution in [0.25, 0.3) is 11.1 Å². The van der Waals surface area contributed by atoms with Gasteiger partial charge in [-0.05, 0) is 13.0 Å². The van der Waals surface area contributed by atoms with Crippen molar-refractivity contribution >= 4 is 5.69 Å². The SMILES string of the molecule is Cc1nocc1-c1ccccc1[N+](=O)[O-]. The Hall–Kier alpha value is -2.17. The molecule has 0 saturated heterocycles. The summed E-state index contributed by atoms with van der Waals surface area (Å²) < 4.78 is 4.76. The van der Waals surface area contributed by atoms with Crippen molar-refractivity contribution in [3.63, 3.8) is 0 Å². The molecule has 5 nitrogen and oxygen atoms in total. The van der Waals surface area contributed by atoms with Gasteiger partial charge in [0.25, 0.3) is 5.69 Å². The van der Waals surface area contributed by atoms with Gasteiger partial charge >= 0.3 is 0 Å². The first kappa shape index (κ1) is 9.39. The fourth-order valence-corrected chi connectivity index (χ4v) is 1.41. The van der Waals surface area contributed by atoms with Gasteiger partial charge in [0.1, 0.15) is 6.26 Å². The monoisotopic (exact) mass is 204 g/mol. The second kappa shape index (κ2) is 3.53. The standard InChI is InChI=1S/C10H8N2O3/c1-7-9(6-15-11-7)8-4-2-3-5-10(8)12(13)14/h2-6H,1H3. The topological polar surface area (TPSA) is 69.2 Å². The first-order valence-electron chi connectivity index (χ1n) is 4.35. The molecule has 0 atom stereocenters. The predicted octanol–water partition coefficient (Wildman–Crippen LogP) is 2.56. The van der Waals surface area contributed by atoms with Crippen LogP contribution < -0.4 is 0 Å². The quantitative estimate of drug-likeness (QED) is 0.556. The zero-order valence-electron chi connectivity index (χ0n) is 8.01. The van der Waals surface area contributed by atoms with E-state index in [9.17, 15) is 10.1 Å². The van der Waals surface area contributed by atoms with Gasteiger partial charge in [-0.2, -0.15) is 0 Å². The van der Waals surface area contributed by atoms with Crippen molar-refractivity contribution in [3.05, 3.63) is 46.3 Å². The normalized spacial score (nSPS) is 10.2. The lowest BCUT2D eigenvalue weighted by molar-refractivity contribution is -0.384. The zero-order chi connectivity index (χ0) is 10.8. The number of nitro benzene ring substituents is 1. The van der Waals surface area contributed by atoms with E-state index < -0.39 is 4.92 Å². The lowest BCUT2D eigenvalue weighted by Crippen LogP contribution is -1.91. The van der Waals surface area contributed by atoms with Gasteiger partial charge in [0, 0.05) is 6.07 Å². The third kappa shape index (κ3) is 1.59. The number of benzene rings is 1. The fraction of sp³-hybridized carbons (Fsp3) is 0.100. The highest BCUT2D eigenvalue weighted by atomic mass is 16.6. The van der Waals surface area contributed by atoms with E-state index in [1.807, 2.05) is 0 Å². The Morgan fingerprint density at radius 2 is 2.07 bits per heavy atom. The van der Waals surface area contributed by atoms with Crippen LogP contribution in [-0.4, -0.2) is 10.1 Å². The third-order valence-corrected chi connectivity index (χ3v) is 2.14. The molecule has 0 aliphatic rings. The number of aryl methyl sites for hydroxylation is 1. The maximum Gasteiger partial charge on any atom is 0.277 e. The van der Waals surface area contributed by atoms with Crippen LogP contribution in [0.2, 0.25) is 0 Å². The van der Waals surface area contributed by atoms with Gasteiger partial charge < -0.3 is 4.52 Å². The number of nitrogens with zero attached hydrogens (tertiary/aromatic N) is 2. The Kier molecular flexibility index (Phi) is 2.21. The van der Waals surface area contributed by atoms with Crippen molar-refractivity contribution < 1.29 is 9.45 Å². The maximum atomic E-state index is 10.8. The fourth-order valence-electron chi connectivity index (χ4n) is 1.41. The third-order valence-electron chi connectivity index (χ3n) is 2.14. The van der Waals surface area contributed by atoms with Crippen molar-refractivity contribution in [1.29, 1.82) is 0 Å². The molecule has 76 valence electrons. The molecule has 0 unspecified atom stereocenters. The summed E-state index contributed by atoms with van der Waals surface area (Å²) >= 11 is 0. The molecule has 2 rings (SSSR count). The summed E-state index contributed by atoms with van der Waals surface area (Å²) in [5, 5.41) is 14.5. The Labute approximate surface area is 85.5 Å². The molecule has 2 aromatic rings. The lowest BCUT2D eigenvalue weighted by Gasteiger charge is -1.99.